The number of hydrogen-bond donors (Lipinski definition) is 2. The maximum atomic E-state index is 5.28. The fraction of sp³-hybridized carbons (Fsp3) is 0.579. The van der Waals surface area contributed by atoms with E-state index in [0.29, 0.717) is 36.4 Å². The van der Waals surface area contributed by atoms with E-state index in [4.69, 9.17) is 4.52 Å². The van der Waals surface area contributed by atoms with Gasteiger partial charge in [-0.1, -0.05) is 18.1 Å². The van der Waals surface area contributed by atoms with E-state index >= 15 is 0 Å². The molecule has 7 nitrogen and oxygen atoms in total. The number of pyridine rings is 1. The monoisotopic (exact) mass is 484 g/mol. The van der Waals surface area contributed by atoms with Gasteiger partial charge in [-0.3, -0.25) is 9.98 Å². The van der Waals surface area contributed by atoms with E-state index in [1.54, 1.807) is 6.20 Å². The molecule has 0 saturated heterocycles. The van der Waals surface area contributed by atoms with Crippen molar-refractivity contribution in [3.8, 4) is 11.6 Å². The van der Waals surface area contributed by atoms with Crippen molar-refractivity contribution in [1.29, 1.82) is 0 Å². The fourth-order valence-corrected chi connectivity index (χ4v) is 3.13. The van der Waals surface area contributed by atoms with Crippen molar-refractivity contribution in [1.82, 2.24) is 25.8 Å². The number of rotatable bonds is 6. The number of aromatic nitrogens is 3. The molecule has 1 fully saturated rings. The smallest absolute Gasteiger partial charge is 0.276 e. The summed E-state index contributed by atoms with van der Waals surface area (Å²) in [4.78, 5) is 13.3. The predicted octanol–water partition coefficient (Wildman–Crippen LogP) is 3.43. The number of aliphatic imine (C=N–C) groups is 1. The van der Waals surface area contributed by atoms with Crippen LogP contribution in [-0.2, 0) is 6.42 Å². The van der Waals surface area contributed by atoms with Crippen LogP contribution in [0.3, 0.4) is 0 Å². The van der Waals surface area contributed by atoms with Gasteiger partial charge in [0.15, 0.2) is 11.8 Å². The highest BCUT2D eigenvalue weighted by Crippen LogP contribution is 2.23. The molecule has 0 radical (unpaired) electrons. The molecule has 0 bridgehead atoms. The average Bonchev–Trinajstić information content (AvgIpc) is 3.13. The molecule has 0 aliphatic heterocycles. The van der Waals surface area contributed by atoms with Crippen LogP contribution >= 0.6 is 24.0 Å². The summed E-state index contributed by atoms with van der Waals surface area (Å²) in [5.74, 6) is 2.82. The molecule has 148 valence electrons. The van der Waals surface area contributed by atoms with E-state index in [-0.39, 0.29) is 24.0 Å². The second-order valence-electron chi connectivity index (χ2n) is 6.84. The summed E-state index contributed by atoms with van der Waals surface area (Å²) in [6, 6.07) is 6.13. The molecular weight excluding hydrogens is 455 g/mol. The lowest BCUT2D eigenvalue weighted by atomic mass is 9.87. The first kappa shape index (κ1) is 21.6. The van der Waals surface area contributed by atoms with Crippen molar-refractivity contribution < 1.29 is 4.52 Å². The molecule has 0 aromatic carbocycles. The number of hydrogen-bond acceptors (Lipinski definition) is 5. The molecule has 2 aromatic heterocycles. The van der Waals surface area contributed by atoms with Crippen LogP contribution in [0, 0.1) is 5.92 Å². The lowest BCUT2D eigenvalue weighted by Crippen LogP contribution is -2.44. The number of halogens is 1. The van der Waals surface area contributed by atoms with Gasteiger partial charge in [-0.05, 0) is 50.7 Å². The summed E-state index contributed by atoms with van der Waals surface area (Å²) in [7, 11) is 0. The van der Waals surface area contributed by atoms with Crippen molar-refractivity contribution in [2.45, 2.75) is 52.0 Å². The zero-order valence-electron chi connectivity index (χ0n) is 16.0. The van der Waals surface area contributed by atoms with E-state index in [0.717, 1.165) is 18.4 Å². The molecular formula is C19H29IN6O. The Bertz CT molecular complexity index is 697. The molecule has 2 aromatic rings. The Labute approximate surface area is 177 Å². The van der Waals surface area contributed by atoms with Crippen molar-refractivity contribution in [2.24, 2.45) is 10.9 Å². The van der Waals surface area contributed by atoms with Crippen LogP contribution in [0.15, 0.2) is 33.9 Å². The first-order valence-corrected chi connectivity index (χ1v) is 9.53. The molecule has 2 N–H and O–H groups in total. The van der Waals surface area contributed by atoms with Crippen molar-refractivity contribution >= 4 is 29.9 Å². The fourth-order valence-electron chi connectivity index (χ4n) is 3.13. The Morgan fingerprint density at radius 1 is 1.26 bits per heavy atom. The Balaban J connectivity index is 0.00000261. The maximum Gasteiger partial charge on any atom is 0.276 e. The third kappa shape index (κ3) is 6.75. The molecule has 27 heavy (non-hydrogen) atoms. The predicted molar refractivity (Wildman–Crippen MR) is 117 cm³/mol. The molecule has 0 unspecified atom stereocenters. The normalized spacial score (nSPS) is 20.0. The zero-order chi connectivity index (χ0) is 18.2. The van der Waals surface area contributed by atoms with Gasteiger partial charge >= 0.3 is 0 Å². The Kier molecular flexibility index (Phi) is 8.96. The van der Waals surface area contributed by atoms with Crippen LogP contribution in [0.25, 0.3) is 11.6 Å². The third-order valence-corrected chi connectivity index (χ3v) is 4.66. The molecule has 1 aliphatic carbocycles. The average molecular weight is 484 g/mol. The standard InChI is InChI=1S/C19H28N6O.HI/c1-3-20-19(23-15-9-7-14(2)8-10-15)22-13-11-17-24-18(26-25-17)16-6-4-5-12-21-16;/h4-6,12,14-15H,3,7-11,13H2,1-2H3,(H2,20,22,23);1H. The van der Waals surface area contributed by atoms with Crippen LogP contribution in [0.1, 0.15) is 45.4 Å². The van der Waals surface area contributed by atoms with E-state index in [1.165, 1.54) is 25.7 Å². The van der Waals surface area contributed by atoms with Crippen LogP contribution in [0.5, 0.6) is 0 Å². The lowest BCUT2D eigenvalue weighted by molar-refractivity contribution is 0.329. The SMILES string of the molecule is CCNC(=NCCc1noc(-c2ccccn2)n1)NC1CCC(C)CC1.I. The van der Waals surface area contributed by atoms with Gasteiger partial charge in [0.05, 0.1) is 0 Å². The molecule has 3 rings (SSSR count). The van der Waals surface area contributed by atoms with Gasteiger partial charge in [0.25, 0.3) is 5.89 Å². The molecule has 0 atom stereocenters. The number of nitrogens with one attached hydrogen (secondary N) is 2. The van der Waals surface area contributed by atoms with Crippen molar-refractivity contribution in [2.75, 3.05) is 13.1 Å². The van der Waals surface area contributed by atoms with Crippen LogP contribution in [0.4, 0.5) is 0 Å². The van der Waals surface area contributed by atoms with Crippen LogP contribution in [0.2, 0.25) is 0 Å². The minimum atomic E-state index is 0. The maximum absolute atomic E-state index is 5.28. The minimum absolute atomic E-state index is 0. The second kappa shape index (κ2) is 11.2. The van der Waals surface area contributed by atoms with Crippen LogP contribution < -0.4 is 10.6 Å². The highest BCUT2D eigenvalue weighted by atomic mass is 127. The quantitative estimate of drug-likeness (QED) is 0.371. The second-order valence-corrected chi connectivity index (χ2v) is 6.84. The van der Waals surface area contributed by atoms with E-state index in [1.807, 2.05) is 18.2 Å². The van der Waals surface area contributed by atoms with Crippen molar-refractivity contribution in [3.63, 3.8) is 0 Å². The van der Waals surface area contributed by atoms with Gasteiger partial charge in [-0.25, -0.2) is 0 Å². The number of guanidine groups is 1. The first-order chi connectivity index (χ1) is 12.7. The van der Waals surface area contributed by atoms with Crippen LogP contribution in [-0.4, -0.2) is 40.2 Å². The van der Waals surface area contributed by atoms with Crippen molar-refractivity contribution in [3.05, 3.63) is 30.2 Å². The topological polar surface area (TPSA) is 88.2 Å². The summed E-state index contributed by atoms with van der Waals surface area (Å²) in [6.45, 7) is 5.87. The van der Waals surface area contributed by atoms with E-state index in [2.05, 4.69) is 44.6 Å². The van der Waals surface area contributed by atoms with E-state index < -0.39 is 0 Å². The number of nitrogens with zero attached hydrogens (tertiary/aromatic N) is 4. The summed E-state index contributed by atoms with van der Waals surface area (Å²) in [6.07, 6.45) is 7.35. The zero-order valence-corrected chi connectivity index (χ0v) is 18.3. The molecule has 1 aliphatic rings. The summed E-state index contributed by atoms with van der Waals surface area (Å²) in [5, 5.41) is 10.9. The highest BCUT2D eigenvalue weighted by molar-refractivity contribution is 14.0. The Morgan fingerprint density at radius 2 is 2.07 bits per heavy atom. The molecule has 8 heteroatoms. The summed E-state index contributed by atoms with van der Waals surface area (Å²) < 4.78 is 5.28. The minimum Gasteiger partial charge on any atom is -0.357 e. The summed E-state index contributed by atoms with van der Waals surface area (Å²) in [5.41, 5.74) is 0.691. The highest BCUT2D eigenvalue weighted by Gasteiger charge is 2.18. The first-order valence-electron chi connectivity index (χ1n) is 9.53. The summed E-state index contributed by atoms with van der Waals surface area (Å²) >= 11 is 0. The van der Waals surface area contributed by atoms with Gasteiger partial charge in [0.1, 0.15) is 5.69 Å². The third-order valence-electron chi connectivity index (χ3n) is 4.66. The lowest BCUT2D eigenvalue weighted by Gasteiger charge is -2.28. The Hall–Kier alpha value is -1.71. The largest absolute Gasteiger partial charge is 0.357 e. The van der Waals surface area contributed by atoms with E-state index in [9.17, 15) is 0 Å². The Morgan fingerprint density at radius 3 is 2.78 bits per heavy atom. The van der Waals surface area contributed by atoms with Gasteiger partial charge in [0.2, 0.25) is 0 Å². The van der Waals surface area contributed by atoms with Gasteiger partial charge in [0, 0.05) is 31.7 Å². The molecule has 2 heterocycles. The van der Waals surface area contributed by atoms with Gasteiger partial charge in [-0.15, -0.1) is 24.0 Å². The molecule has 0 spiro atoms. The molecule has 1 saturated carbocycles. The van der Waals surface area contributed by atoms with Gasteiger partial charge in [-0.2, -0.15) is 4.98 Å². The molecule has 0 amide bonds. The van der Waals surface area contributed by atoms with Gasteiger partial charge < -0.3 is 15.2 Å².